The second-order valence-corrected chi connectivity index (χ2v) is 6.72. The van der Waals surface area contributed by atoms with Crippen LogP contribution in [0.1, 0.15) is 17.4 Å². The molecule has 1 atom stereocenters. The van der Waals surface area contributed by atoms with Crippen molar-refractivity contribution in [3.05, 3.63) is 58.9 Å². The van der Waals surface area contributed by atoms with E-state index in [1.165, 1.54) is 18.3 Å². The lowest BCUT2D eigenvalue weighted by molar-refractivity contribution is -0.123. The summed E-state index contributed by atoms with van der Waals surface area (Å²) in [5.74, 6) is -0.993. The number of thiophene rings is 1. The molecule has 1 N–H and O–H groups in total. The normalized spacial score (nSPS) is 11.7. The highest BCUT2D eigenvalue weighted by Gasteiger charge is 2.21. The van der Waals surface area contributed by atoms with E-state index in [1.54, 1.807) is 28.8 Å². The summed E-state index contributed by atoms with van der Waals surface area (Å²) in [4.78, 5) is 29.5. The van der Waals surface area contributed by atoms with Crippen molar-refractivity contribution >= 4 is 40.2 Å². The Morgan fingerprint density at radius 3 is 2.62 bits per heavy atom. The minimum absolute atomic E-state index is 0.211. The van der Waals surface area contributed by atoms with Crippen LogP contribution in [0.2, 0.25) is 0 Å². The van der Waals surface area contributed by atoms with E-state index in [-0.39, 0.29) is 11.6 Å². The number of nitrogens with one attached hydrogen (secondary N) is 1. The first-order valence-corrected chi connectivity index (χ1v) is 8.95. The van der Waals surface area contributed by atoms with Crippen molar-refractivity contribution in [2.75, 3.05) is 5.32 Å². The van der Waals surface area contributed by atoms with Crippen molar-refractivity contribution in [3.8, 4) is 9.88 Å². The molecular formula is C17H14N2O3S2. The molecule has 0 bridgehead atoms. The van der Waals surface area contributed by atoms with Crippen molar-refractivity contribution in [3.63, 3.8) is 0 Å². The Kier molecular flexibility index (Phi) is 5.02. The van der Waals surface area contributed by atoms with Crippen LogP contribution in [0.25, 0.3) is 9.88 Å². The predicted octanol–water partition coefficient (Wildman–Crippen LogP) is 4.06. The molecule has 0 saturated heterocycles. The van der Waals surface area contributed by atoms with Crippen LogP contribution in [0.15, 0.2) is 53.2 Å². The number of amides is 1. The zero-order valence-electron chi connectivity index (χ0n) is 12.8. The number of esters is 1. The molecule has 0 spiro atoms. The number of aromatic nitrogens is 1. The van der Waals surface area contributed by atoms with Crippen molar-refractivity contribution in [2.45, 2.75) is 13.0 Å². The number of nitrogens with zero attached hydrogens (tertiary/aromatic N) is 1. The summed E-state index contributed by atoms with van der Waals surface area (Å²) in [5.41, 5.74) is 0.863. The molecule has 3 aromatic rings. The van der Waals surface area contributed by atoms with Gasteiger partial charge in [0, 0.05) is 11.1 Å². The van der Waals surface area contributed by atoms with Gasteiger partial charge in [-0.15, -0.1) is 22.7 Å². The lowest BCUT2D eigenvalue weighted by Crippen LogP contribution is -2.30. The summed E-state index contributed by atoms with van der Waals surface area (Å²) in [7, 11) is 0. The maximum absolute atomic E-state index is 12.1. The maximum Gasteiger partial charge on any atom is 0.358 e. The molecule has 2 aromatic heterocycles. The van der Waals surface area contributed by atoms with Gasteiger partial charge in [-0.1, -0.05) is 24.3 Å². The van der Waals surface area contributed by atoms with Gasteiger partial charge < -0.3 is 10.1 Å². The molecule has 0 saturated carbocycles. The van der Waals surface area contributed by atoms with Crippen LogP contribution in [0.4, 0.5) is 5.69 Å². The first kappa shape index (κ1) is 16.4. The third-order valence-electron chi connectivity index (χ3n) is 3.14. The average Bonchev–Trinajstić information content (AvgIpc) is 3.27. The van der Waals surface area contributed by atoms with Gasteiger partial charge in [-0.05, 0) is 30.5 Å². The lowest BCUT2D eigenvalue weighted by atomic mass is 10.3. The van der Waals surface area contributed by atoms with Crippen LogP contribution in [0.3, 0.4) is 0 Å². The number of benzene rings is 1. The zero-order valence-corrected chi connectivity index (χ0v) is 14.4. The molecule has 122 valence electrons. The minimum atomic E-state index is -0.912. The van der Waals surface area contributed by atoms with Gasteiger partial charge in [0.25, 0.3) is 5.91 Å². The Morgan fingerprint density at radius 1 is 1.12 bits per heavy atom. The standard InChI is InChI=1S/C17H14N2O3S2/c1-11(15(20)18-12-6-3-2-4-7-12)22-17(21)13-10-24-16(19-13)14-8-5-9-23-14/h2-11H,1H3,(H,18,20). The molecule has 2 heterocycles. The first-order valence-electron chi connectivity index (χ1n) is 7.20. The highest BCUT2D eigenvalue weighted by molar-refractivity contribution is 7.20. The summed E-state index contributed by atoms with van der Waals surface area (Å²) in [5, 5.41) is 7.04. The van der Waals surface area contributed by atoms with Gasteiger partial charge >= 0.3 is 5.97 Å². The Hall–Kier alpha value is -2.51. The molecule has 24 heavy (non-hydrogen) atoms. The molecule has 1 unspecified atom stereocenters. The van der Waals surface area contributed by atoms with Crippen LogP contribution in [-0.4, -0.2) is 23.0 Å². The molecule has 1 amide bonds. The first-order chi connectivity index (χ1) is 11.6. The topological polar surface area (TPSA) is 68.3 Å². The van der Waals surface area contributed by atoms with Crippen LogP contribution in [-0.2, 0) is 9.53 Å². The highest BCUT2D eigenvalue weighted by Crippen LogP contribution is 2.28. The van der Waals surface area contributed by atoms with Crippen molar-refractivity contribution in [2.24, 2.45) is 0 Å². The molecule has 0 aliphatic heterocycles. The maximum atomic E-state index is 12.1. The van der Waals surface area contributed by atoms with E-state index in [0.717, 1.165) is 9.88 Å². The number of thiazole rings is 1. The molecule has 0 radical (unpaired) electrons. The van der Waals surface area contributed by atoms with Gasteiger partial charge in [-0.3, -0.25) is 4.79 Å². The van der Waals surface area contributed by atoms with E-state index in [0.29, 0.717) is 5.69 Å². The summed E-state index contributed by atoms with van der Waals surface area (Å²) < 4.78 is 5.20. The molecule has 1 aromatic carbocycles. The second kappa shape index (κ2) is 7.37. The van der Waals surface area contributed by atoms with Crippen LogP contribution >= 0.6 is 22.7 Å². The quantitative estimate of drug-likeness (QED) is 0.699. The summed E-state index contributed by atoms with van der Waals surface area (Å²) in [6.45, 7) is 1.53. The number of hydrogen-bond donors (Lipinski definition) is 1. The number of carbonyl (C=O) groups is 2. The molecule has 0 aliphatic carbocycles. The van der Waals surface area contributed by atoms with Gasteiger partial charge in [0.15, 0.2) is 11.8 Å². The molecular weight excluding hydrogens is 344 g/mol. The number of rotatable bonds is 5. The van der Waals surface area contributed by atoms with Crippen molar-refractivity contribution in [1.29, 1.82) is 0 Å². The summed E-state index contributed by atoms with van der Waals surface area (Å²) in [6, 6.07) is 12.9. The average molecular weight is 358 g/mol. The van der Waals surface area contributed by atoms with Gasteiger partial charge in [0.2, 0.25) is 0 Å². The molecule has 0 aliphatic rings. The lowest BCUT2D eigenvalue weighted by Gasteiger charge is -2.12. The van der Waals surface area contributed by atoms with Crippen LogP contribution in [0, 0.1) is 0 Å². The Balaban J connectivity index is 1.61. The van der Waals surface area contributed by atoms with Gasteiger partial charge in [-0.25, -0.2) is 9.78 Å². The SMILES string of the molecule is CC(OC(=O)c1csc(-c2cccs2)n1)C(=O)Nc1ccccc1. The Labute approximate surface area is 146 Å². The van der Waals surface area contributed by atoms with Gasteiger partial charge in [0.05, 0.1) is 4.88 Å². The van der Waals surface area contributed by atoms with Gasteiger partial charge in [0.1, 0.15) is 5.01 Å². The fraction of sp³-hybridized carbons (Fsp3) is 0.118. The second-order valence-electron chi connectivity index (χ2n) is 4.92. The largest absolute Gasteiger partial charge is 0.448 e. The number of para-hydroxylation sites is 1. The van der Waals surface area contributed by atoms with Crippen LogP contribution < -0.4 is 5.32 Å². The zero-order chi connectivity index (χ0) is 16.9. The van der Waals surface area contributed by atoms with Crippen molar-refractivity contribution < 1.29 is 14.3 Å². The van der Waals surface area contributed by atoms with Gasteiger partial charge in [-0.2, -0.15) is 0 Å². The smallest absolute Gasteiger partial charge is 0.358 e. The fourth-order valence-corrected chi connectivity index (χ4v) is 3.52. The molecule has 0 fully saturated rings. The number of ether oxygens (including phenoxy) is 1. The Morgan fingerprint density at radius 2 is 1.92 bits per heavy atom. The van der Waals surface area contributed by atoms with E-state index in [2.05, 4.69) is 10.3 Å². The van der Waals surface area contributed by atoms with E-state index in [4.69, 9.17) is 4.74 Å². The molecule has 7 heteroatoms. The molecule has 3 rings (SSSR count). The summed E-state index contributed by atoms with van der Waals surface area (Å²) in [6.07, 6.45) is -0.912. The predicted molar refractivity (Wildman–Crippen MR) is 95.4 cm³/mol. The van der Waals surface area contributed by atoms with E-state index in [9.17, 15) is 9.59 Å². The van der Waals surface area contributed by atoms with E-state index >= 15 is 0 Å². The van der Waals surface area contributed by atoms with Crippen LogP contribution in [0.5, 0.6) is 0 Å². The third-order valence-corrected chi connectivity index (χ3v) is 5.02. The monoisotopic (exact) mass is 358 g/mol. The summed E-state index contributed by atoms with van der Waals surface area (Å²) >= 11 is 2.92. The molecule has 5 nitrogen and oxygen atoms in total. The number of anilines is 1. The number of carbonyl (C=O) groups excluding carboxylic acids is 2. The van der Waals surface area contributed by atoms with Crippen molar-refractivity contribution in [1.82, 2.24) is 4.98 Å². The third kappa shape index (κ3) is 3.87. The minimum Gasteiger partial charge on any atom is -0.448 e. The van der Waals surface area contributed by atoms with E-state index < -0.39 is 12.1 Å². The fourth-order valence-electron chi connectivity index (χ4n) is 1.92. The number of hydrogen-bond acceptors (Lipinski definition) is 6. The highest BCUT2D eigenvalue weighted by atomic mass is 32.1. The Bertz CT molecular complexity index is 829. The van der Waals surface area contributed by atoms with E-state index in [1.807, 2.05) is 35.7 Å².